The Hall–Kier alpha value is -1.35. The zero-order valence-corrected chi connectivity index (χ0v) is 13.2. The van der Waals surface area contributed by atoms with Crippen molar-refractivity contribution in [3.8, 4) is 5.75 Å². The molecule has 0 bridgehead atoms. The van der Waals surface area contributed by atoms with Crippen molar-refractivity contribution in [2.45, 2.75) is 45.4 Å². The lowest BCUT2D eigenvalue weighted by Crippen LogP contribution is -2.22. The second kappa shape index (κ2) is 7.60. The van der Waals surface area contributed by atoms with E-state index < -0.39 is 0 Å². The molecule has 0 saturated heterocycles. The highest BCUT2D eigenvalue weighted by Gasteiger charge is 2.24. The number of ether oxygens (including phenoxy) is 1. The molecular formula is C18H27NO2. The molecule has 116 valence electrons. The van der Waals surface area contributed by atoms with Crippen molar-refractivity contribution in [3.63, 3.8) is 0 Å². The molecule has 0 amide bonds. The summed E-state index contributed by atoms with van der Waals surface area (Å²) in [6, 6.07) is 8.08. The average Bonchev–Trinajstić information content (AvgIpc) is 2.46. The second-order valence-corrected chi connectivity index (χ2v) is 6.55. The van der Waals surface area contributed by atoms with Crippen LogP contribution < -0.4 is 10.5 Å². The molecule has 0 spiro atoms. The van der Waals surface area contributed by atoms with Crippen molar-refractivity contribution >= 4 is 5.78 Å². The molecule has 0 radical (unpaired) electrons. The monoisotopic (exact) mass is 289 g/mol. The summed E-state index contributed by atoms with van der Waals surface area (Å²) in [5.41, 5.74) is 6.99. The van der Waals surface area contributed by atoms with E-state index in [9.17, 15) is 4.79 Å². The van der Waals surface area contributed by atoms with Gasteiger partial charge >= 0.3 is 0 Å². The van der Waals surface area contributed by atoms with Crippen LogP contribution in [0.25, 0.3) is 0 Å². The fourth-order valence-corrected chi connectivity index (χ4v) is 3.24. The third-order valence-electron chi connectivity index (χ3n) is 4.21. The SMILES string of the molecule is CC(C)CC(CN)CC(=O)CC1CCOc2ccccc21. The number of hydrogen-bond donors (Lipinski definition) is 1. The van der Waals surface area contributed by atoms with Crippen molar-refractivity contribution in [3.05, 3.63) is 29.8 Å². The Morgan fingerprint density at radius 1 is 1.38 bits per heavy atom. The maximum Gasteiger partial charge on any atom is 0.133 e. The topological polar surface area (TPSA) is 52.3 Å². The van der Waals surface area contributed by atoms with Gasteiger partial charge in [-0.05, 0) is 48.8 Å². The minimum atomic E-state index is 0.305. The van der Waals surface area contributed by atoms with Crippen LogP contribution in [0.4, 0.5) is 0 Å². The van der Waals surface area contributed by atoms with E-state index in [0.717, 1.165) is 18.6 Å². The van der Waals surface area contributed by atoms with Crippen molar-refractivity contribution in [1.29, 1.82) is 0 Å². The van der Waals surface area contributed by atoms with Gasteiger partial charge in [-0.1, -0.05) is 32.0 Å². The van der Waals surface area contributed by atoms with Crippen LogP contribution in [0.15, 0.2) is 24.3 Å². The van der Waals surface area contributed by atoms with Gasteiger partial charge in [0.1, 0.15) is 11.5 Å². The van der Waals surface area contributed by atoms with E-state index in [2.05, 4.69) is 19.9 Å². The number of carbonyl (C=O) groups is 1. The van der Waals surface area contributed by atoms with Crippen LogP contribution in [-0.4, -0.2) is 18.9 Å². The van der Waals surface area contributed by atoms with Gasteiger partial charge in [0.15, 0.2) is 0 Å². The first-order chi connectivity index (χ1) is 10.1. The highest BCUT2D eigenvalue weighted by molar-refractivity contribution is 5.79. The highest BCUT2D eigenvalue weighted by Crippen LogP contribution is 2.36. The Morgan fingerprint density at radius 3 is 2.86 bits per heavy atom. The quantitative estimate of drug-likeness (QED) is 0.835. The summed E-state index contributed by atoms with van der Waals surface area (Å²) in [4.78, 5) is 12.4. The number of Topliss-reactive ketones (excluding diaryl/α,β-unsaturated/α-hetero) is 1. The molecule has 2 unspecified atom stereocenters. The molecular weight excluding hydrogens is 262 g/mol. The first kappa shape index (κ1) is 16.0. The lowest BCUT2D eigenvalue weighted by atomic mass is 9.85. The molecule has 3 heteroatoms. The van der Waals surface area contributed by atoms with Gasteiger partial charge in [-0.25, -0.2) is 0 Å². The molecule has 1 aliphatic heterocycles. The predicted octanol–water partition coefficient (Wildman–Crippen LogP) is 3.52. The average molecular weight is 289 g/mol. The normalized spacial score (nSPS) is 19.0. The number of fused-ring (bicyclic) bond motifs is 1. The van der Waals surface area contributed by atoms with E-state index in [1.54, 1.807) is 0 Å². The van der Waals surface area contributed by atoms with Crippen LogP contribution in [-0.2, 0) is 4.79 Å². The molecule has 1 aromatic carbocycles. The molecule has 21 heavy (non-hydrogen) atoms. The summed E-state index contributed by atoms with van der Waals surface area (Å²) in [6.07, 6.45) is 3.20. The molecule has 0 fully saturated rings. The first-order valence-electron chi connectivity index (χ1n) is 8.03. The summed E-state index contributed by atoms with van der Waals surface area (Å²) < 4.78 is 5.66. The first-order valence-corrected chi connectivity index (χ1v) is 8.03. The van der Waals surface area contributed by atoms with Gasteiger partial charge in [-0.2, -0.15) is 0 Å². The number of ketones is 1. The van der Waals surface area contributed by atoms with Gasteiger partial charge in [0, 0.05) is 12.8 Å². The molecule has 0 saturated carbocycles. The minimum absolute atomic E-state index is 0.305. The van der Waals surface area contributed by atoms with E-state index >= 15 is 0 Å². The van der Waals surface area contributed by atoms with Crippen LogP contribution in [0, 0.1) is 11.8 Å². The molecule has 1 aliphatic rings. The second-order valence-electron chi connectivity index (χ2n) is 6.55. The fourth-order valence-electron chi connectivity index (χ4n) is 3.24. The van der Waals surface area contributed by atoms with Crippen molar-refractivity contribution in [1.82, 2.24) is 0 Å². The lowest BCUT2D eigenvalue weighted by Gasteiger charge is -2.26. The number of nitrogens with two attached hydrogens (primary N) is 1. The van der Waals surface area contributed by atoms with Crippen LogP contribution in [0.1, 0.15) is 51.0 Å². The van der Waals surface area contributed by atoms with Gasteiger partial charge < -0.3 is 10.5 Å². The Morgan fingerprint density at radius 2 is 2.14 bits per heavy atom. The number of rotatable bonds is 7. The zero-order valence-electron chi connectivity index (χ0n) is 13.2. The van der Waals surface area contributed by atoms with Crippen molar-refractivity contribution in [2.24, 2.45) is 17.6 Å². The Balaban J connectivity index is 1.94. The van der Waals surface area contributed by atoms with E-state index in [1.807, 2.05) is 18.2 Å². The van der Waals surface area contributed by atoms with E-state index in [-0.39, 0.29) is 0 Å². The van der Waals surface area contributed by atoms with Crippen LogP contribution >= 0.6 is 0 Å². The Kier molecular flexibility index (Phi) is 5.80. The number of para-hydroxylation sites is 1. The fraction of sp³-hybridized carbons (Fsp3) is 0.611. The third-order valence-corrected chi connectivity index (χ3v) is 4.21. The van der Waals surface area contributed by atoms with Gasteiger partial charge in [-0.3, -0.25) is 4.79 Å². The highest BCUT2D eigenvalue weighted by atomic mass is 16.5. The van der Waals surface area contributed by atoms with Gasteiger partial charge in [-0.15, -0.1) is 0 Å². The summed E-state index contributed by atoms with van der Waals surface area (Å²) in [5, 5.41) is 0. The predicted molar refractivity (Wildman–Crippen MR) is 85.5 cm³/mol. The number of carbonyl (C=O) groups excluding carboxylic acids is 1. The summed E-state index contributed by atoms with van der Waals surface area (Å²) in [5.74, 6) is 2.51. The van der Waals surface area contributed by atoms with E-state index in [0.29, 0.717) is 49.5 Å². The van der Waals surface area contributed by atoms with Gasteiger partial charge in [0.25, 0.3) is 0 Å². The van der Waals surface area contributed by atoms with Crippen LogP contribution in [0.2, 0.25) is 0 Å². The molecule has 2 N–H and O–H groups in total. The third kappa shape index (κ3) is 4.57. The Labute approximate surface area is 127 Å². The van der Waals surface area contributed by atoms with Gasteiger partial charge in [0.2, 0.25) is 0 Å². The van der Waals surface area contributed by atoms with Crippen molar-refractivity contribution < 1.29 is 9.53 Å². The minimum Gasteiger partial charge on any atom is -0.493 e. The molecule has 0 aliphatic carbocycles. The Bertz CT molecular complexity index is 470. The summed E-state index contributed by atoms with van der Waals surface area (Å²) >= 11 is 0. The zero-order chi connectivity index (χ0) is 15.2. The molecule has 1 aromatic rings. The van der Waals surface area contributed by atoms with E-state index in [1.165, 1.54) is 5.56 Å². The summed E-state index contributed by atoms with van der Waals surface area (Å²) in [7, 11) is 0. The van der Waals surface area contributed by atoms with Crippen LogP contribution in [0.5, 0.6) is 5.75 Å². The molecule has 3 nitrogen and oxygen atoms in total. The van der Waals surface area contributed by atoms with Gasteiger partial charge in [0.05, 0.1) is 6.61 Å². The maximum atomic E-state index is 12.4. The van der Waals surface area contributed by atoms with Crippen LogP contribution in [0.3, 0.4) is 0 Å². The van der Waals surface area contributed by atoms with E-state index in [4.69, 9.17) is 10.5 Å². The number of benzene rings is 1. The number of hydrogen-bond acceptors (Lipinski definition) is 3. The summed E-state index contributed by atoms with van der Waals surface area (Å²) in [6.45, 7) is 5.68. The largest absolute Gasteiger partial charge is 0.493 e. The molecule has 2 rings (SSSR count). The smallest absolute Gasteiger partial charge is 0.133 e. The standard InChI is InChI=1S/C18H27NO2/c1-13(2)9-14(12-19)10-16(20)11-15-7-8-21-18-6-4-3-5-17(15)18/h3-6,13-15H,7-12,19H2,1-2H3. The van der Waals surface area contributed by atoms with Crippen molar-refractivity contribution in [2.75, 3.05) is 13.2 Å². The molecule has 2 atom stereocenters. The molecule has 1 heterocycles. The maximum absolute atomic E-state index is 12.4. The molecule has 0 aromatic heterocycles. The lowest BCUT2D eigenvalue weighted by molar-refractivity contribution is -0.120.